The van der Waals surface area contributed by atoms with Crippen molar-refractivity contribution in [2.45, 2.75) is 45.6 Å². The van der Waals surface area contributed by atoms with Crippen molar-refractivity contribution in [3.05, 3.63) is 11.4 Å². The summed E-state index contributed by atoms with van der Waals surface area (Å²) < 4.78 is 0. The summed E-state index contributed by atoms with van der Waals surface area (Å²) in [7, 11) is 0. The van der Waals surface area contributed by atoms with Crippen molar-refractivity contribution in [1.82, 2.24) is 15.2 Å². The third kappa shape index (κ3) is 2.72. The highest BCUT2D eigenvalue weighted by Gasteiger charge is 2.30. The fourth-order valence-electron chi connectivity index (χ4n) is 1.99. The molecule has 0 aliphatic heterocycles. The monoisotopic (exact) mass is 236 g/mol. The van der Waals surface area contributed by atoms with E-state index in [4.69, 9.17) is 5.11 Å². The minimum atomic E-state index is 0.136. The lowest BCUT2D eigenvalue weighted by Gasteiger charge is -2.21. The molecule has 1 heterocycles. The van der Waals surface area contributed by atoms with E-state index in [0.717, 1.165) is 24.2 Å². The normalized spacial score (nSPS) is 15.0. The van der Waals surface area contributed by atoms with Crippen LogP contribution in [0, 0.1) is 0 Å². The van der Waals surface area contributed by atoms with Crippen molar-refractivity contribution in [3.8, 4) is 0 Å². The van der Waals surface area contributed by atoms with Crippen LogP contribution in [0.4, 0.5) is 5.95 Å². The molecule has 2 rings (SSSR count). The molecule has 0 aromatic carbocycles. The number of hydrogen-bond acceptors (Lipinski definition) is 5. The number of aromatic nitrogens is 3. The van der Waals surface area contributed by atoms with Crippen LogP contribution in [0.2, 0.25) is 0 Å². The number of aliphatic hydroxyl groups is 1. The number of anilines is 1. The molecule has 94 valence electrons. The van der Waals surface area contributed by atoms with Crippen LogP contribution in [0.5, 0.6) is 0 Å². The van der Waals surface area contributed by atoms with Gasteiger partial charge in [0.25, 0.3) is 0 Å². The second-order valence-corrected chi connectivity index (χ2v) is 4.36. The summed E-state index contributed by atoms with van der Waals surface area (Å²) >= 11 is 0. The van der Waals surface area contributed by atoms with Gasteiger partial charge in [0.1, 0.15) is 0 Å². The quantitative estimate of drug-likeness (QED) is 0.797. The van der Waals surface area contributed by atoms with E-state index < -0.39 is 0 Å². The van der Waals surface area contributed by atoms with Gasteiger partial charge in [-0.15, -0.1) is 5.10 Å². The molecule has 0 amide bonds. The summed E-state index contributed by atoms with van der Waals surface area (Å²) in [5, 5.41) is 17.5. The fourth-order valence-corrected chi connectivity index (χ4v) is 1.99. The van der Waals surface area contributed by atoms with Crippen molar-refractivity contribution in [1.29, 1.82) is 0 Å². The molecule has 5 nitrogen and oxygen atoms in total. The van der Waals surface area contributed by atoms with Gasteiger partial charge >= 0.3 is 0 Å². The first kappa shape index (κ1) is 12.2. The Labute approximate surface area is 102 Å². The lowest BCUT2D eigenvalue weighted by molar-refractivity contribution is 0.300. The number of nitrogens with zero attached hydrogens (tertiary/aromatic N) is 4. The summed E-state index contributed by atoms with van der Waals surface area (Å²) in [6.07, 6.45) is 4.08. The molecule has 0 unspecified atom stereocenters. The average Bonchev–Trinajstić information content (AvgIpc) is 3.19. The number of hydrogen-bond donors (Lipinski definition) is 1. The second kappa shape index (κ2) is 5.40. The van der Waals surface area contributed by atoms with Gasteiger partial charge in [0.15, 0.2) is 0 Å². The maximum atomic E-state index is 9.08. The molecule has 1 aliphatic rings. The van der Waals surface area contributed by atoms with Crippen LogP contribution >= 0.6 is 0 Å². The van der Waals surface area contributed by atoms with E-state index in [1.54, 1.807) is 0 Å². The summed E-state index contributed by atoms with van der Waals surface area (Å²) in [5.74, 6) is 0.676. The summed E-state index contributed by atoms with van der Waals surface area (Å²) in [5.41, 5.74) is 2.01. The third-order valence-electron chi connectivity index (χ3n) is 3.08. The highest BCUT2D eigenvalue weighted by Crippen LogP contribution is 2.29. The lowest BCUT2D eigenvalue weighted by Crippen LogP contribution is -2.31. The summed E-state index contributed by atoms with van der Waals surface area (Å²) in [4.78, 5) is 6.66. The van der Waals surface area contributed by atoms with Crippen molar-refractivity contribution in [3.63, 3.8) is 0 Å². The van der Waals surface area contributed by atoms with Gasteiger partial charge in [0.2, 0.25) is 5.95 Å². The Morgan fingerprint density at radius 1 is 1.18 bits per heavy atom. The maximum Gasteiger partial charge on any atom is 0.245 e. The molecule has 0 atom stereocenters. The lowest BCUT2D eigenvalue weighted by atomic mass is 10.2. The maximum absolute atomic E-state index is 9.08. The van der Waals surface area contributed by atoms with Gasteiger partial charge in [0, 0.05) is 12.6 Å². The number of aryl methyl sites for hydroxylation is 2. The molecule has 17 heavy (non-hydrogen) atoms. The Morgan fingerprint density at radius 3 is 2.41 bits per heavy atom. The smallest absolute Gasteiger partial charge is 0.245 e. The predicted molar refractivity (Wildman–Crippen MR) is 66.0 cm³/mol. The zero-order valence-electron chi connectivity index (χ0n) is 10.6. The highest BCUT2D eigenvalue weighted by molar-refractivity contribution is 5.34. The summed E-state index contributed by atoms with van der Waals surface area (Å²) in [6.45, 7) is 4.88. The number of aliphatic hydroxyl groups excluding tert-OH is 1. The van der Waals surface area contributed by atoms with E-state index in [1.807, 2.05) is 0 Å². The molecule has 0 radical (unpaired) electrons. The standard InChI is InChI=1S/C12H20N4O/c1-3-10-11(4-2)14-15-12(13-10)16(7-8-17)9-5-6-9/h9,17H,3-8H2,1-2H3. The van der Waals surface area contributed by atoms with Crippen LogP contribution in [0.1, 0.15) is 38.1 Å². The molecule has 1 fully saturated rings. The van der Waals surface area contributed by atoms with E-state index in [0.29, 0.717) is 18.5 Å². The minimum Gasteiger partial charge on any atom is -0.395 e. The first-order valence-electron chi connectivity index (χ1n) is 6.40. The Balaban J connectivity index is 2.24. The van der Waals surface area contributed by atoms with Crippen LogP contribution < -0.4 is 4.90 Å². The van der Waals surface area contributed by atoms with Crippen molar-refractivity contribution >= 4 is 5.95 Å². The Kier molecular flexibility index (Phi) is 3.89. The van der Waals surface area contributed by atoms with Gasteiger partial charge in [-0.05, 0) is 25.7 Å². The Bertz CT molecular complexity index is 379. The van der Waals surface area contributed by atoms with Gasteiger partial charge in [-0.1, -0.05) is 13.8 Å². The fraction of sp³-hybridized carbons (Fsp3) is 0.750. The molecule has 1 aromatic rings. The Morgan fingerprint density at radius 2 is 1.88 bits per heavy atom. The molecular formula is C12H20N4O. The first-order valence-corrected chi connectivity index (χ1v) is 6.40. The van der Waals surface area contributed by atoms with E-state index in [1.165, 1.54) is 12.8 Å². The molecular weight excluding hydrogens is 216 g/mol. The molecule has 1 aromatic heterocycles. The zero-order valence-corrected chi connectivity index (χ0v) is 10.6. The van der Waals surface area contributed by atoms with Crippen LogP contribution in [-0.2, 0) is 12.8 Å². The van der Waals surface area contributed by atoms with E-state index in [9.17, 15) is 0 Å². The van der Waals surface area contributed by atoms with Gasteiger partial charge in [0.05, 0.1) is 18.0 Å². The van der Waals surface area contributed by atoms with Gasteiger partial charge in [-0.3, -0.25) is 0 Å². The topological polar surface area (TPSA) is 62.1 Å². The molecule has 0 saturated heterocycles. The molecule has 0 spiro atoms. The highest BCUT2D eigenvalue weighted by atomic mass is 16.3. The van der Waals surface area contributed by atoms with Crippen LogP contribution in [0.25, 0.3) is 0 Å². The zero-order chi connectivity index (χ0) is 12.3. The van der Waals surface area contributed by atoms with E-state index in [2.05, 4.69) is 33.9 Å². The van der Waals surface area contributed by atoms with Gasteiger partial charge in [-0.2, -0.15) is 5.10 Å². The molecule has 0 bridgehead atoms. The van der Waals surface area contributed by atoms with E-state index >= 15 is 0 Å². The summed E-state index contributed by atoms with van der Waals surface area (Å²) in [6, 6.07) is 0.501. The largest absolute Gasteiger partial charge is 0.395 e. The Hall–Kier alpha value is -1.23. The minimum absolute atomic E-state index is 0.136. The van der Waals surface area contributed by atoms with Crippen molar-refractivity contribution in [2.24, 2.45) is 0 Å². The van der Waals surface area contributed by atoms with Crippen molar-refractivity contribution in [2.75, 3.05) is 18.1 Å². The molecule has 5 heteroatoms. The second-order valence-electron chi connectivity index (χ2n) is 4.36. The average molecular weight is 236 g/mol. The van der Waals surface area contributed by atoms with Crippen LogP contribution in [0.3, 0.4) is 0 Å². The van der Waals surface area contributed by atoms with Gasteiger partial charge in [-0.25, -0.2) is 4.98 Å². The third-order valence-corrected chi connectivity index (χ3v) is 3.08. The van der Waals surface area contributed by atoms with Gasteiger partial charge < -0.3 is 10.0 Å². The van der Waals surface area contributed by atoms with E-state index in [-0.39, 0.29) is 6.61 Å². The van der Waals surface area contributed by atoms with Crippen LogP contribution in [0.15, 0.2) is 0 Å². The molecule has 1 saturated carbocycles. The molecule has 1 N–H and O–H groups in total. The predicted octanol–water partition coefficient (Wildman–Crippen LogP) is 0.957. The van der Waals surface area contributed by atoms with Crippen molar-refractivity contribution < 1.29 is 5.11 Å². The van der Waals surface area contributed by atoms with Crippen LogP contribution in [-0.4, -0.2) is 39.5 Å². The first-order chi connectivity index (χ1) is 8.30. The number of rotatable bonds is 6. The molecule has 1 aliphatic carbocycles. The SMILES string of the molecule is CCc1nnc(N(CCO)C2CC2)nc1CC.